The number of hydrogen-bond acceptors (Lipinski definition) is 4. The molecule has 1 saturated heterocycles. The maximum Gasteiger partial charge on any atom is 0.322 e. The van der Waals surface area contributed by atoms with Gasteiger partial charge in [-0.2, -0.15) is 0 Å². The molecule has 2 aromatic carbocycles. The first-order valence-corrected chi connectivity index (χ1v) is 10.0. The molecule has 3 aromatic rings. The van der Waals surface area contributed by atoms with E-state index in [0.29, 0.717) is 13.1 Å². The predicted octanol–water partition coefficient (Wildman–Crippen LogP) is 4.38. The number of nitrogens with zero attached hydrogens (tertiary/aromatic N) is 3. The van der Waals surface area contributed by atoms with Gasteiger partial charge >= 0.3 is 6.03 Å². The van der Waals surface area contributed by atoms with Crippen molar-refractivity contribution in [2.45, 2.75) is 20.0 Å². The van der Waals surface area contributed by atoms with Crippen LogP contribution in [-0.2, 0) is 0 Å². The molecule has 1 fully saturated rings. The molecule has 1 aliphatic heterocycles. The maximum absolute atomic E-state index is 12.8. The zero-order valence-corrected chi connectivity index (χ0v) is 16.8. The number of urea groups is 1. The number of carbonyl (C=O) groups is 1. The Bertz CT molecular complexity index is 974. The summed E-state index contributed by atoms with van der Waals surface area (Å²) in [5.74, 6) is 0.880. The Kier molecular flexibility index (Phi) is 5.51. The Morgan fingerprint density at radius 1 is 1.00 bits per heavy atom. The fourth-order valence-corrected chi connectivity index (χ4v) is 3.57. The van der Waals surface area contributed by atoms with Crippen LogP contribution in [0.2, 0.25) is 0 Å². The summed E-state index contributed by atoms with van der Waals surface area (Å²) >= 11 is 0. The van der Waals surface area contributed by atoms with E-state index in [-0.39, 0.29) is 12.1 Å². The van der Waals surface area contributed by atoms with Crippen LogP contribution >= 0.6 is 0 Å². The molecule has 4 rings (SSSR count). The monoisotopic (exact) mass is 390 g/mol. The minimum atomic E-state index is -0.0801. The third-order valence-corrected chi connectivity index (χ3v) is 5.01. The van der Waals surface area contributed by atoms with Crippen LogP contribution < -0.4 is 15.0 Å². The van der Waals surface area contributed by atoms with E-state index in [4.69, 9.17) is 4.74 Å². The number of benzene rings is 2. The van der Waals surface area contributed by atoms with Gasteiger partial charge in [-0.1, -0.05) is 18.2 Å². The van der Waals surface area contributed by atoms with Crippen molar-refractivity contribution in [2.75, 3.05) is 36.4 Å². The molecule has 0 aliphatic carbocycles. The summed E-state index contributed by atoms with van der Waals surface area (Å²) in [5.41, 5.74) is 2.71. The van der Waals surface area contributed by atoms with Crippen LogP contribution in [0, 0.1) is 0 Å². The normalized spacial score (nSPS) is 14.3. The van der Waals surface area contributed by atoms with E-state index >= 15 is 0 Å². The molecule has 29 heavy (non-hydrogen) atoms. The zero-order chi connectivity index (χ0) is 20.2. The van der Waals surface area contributed by atoms with Gasteiger partial charge in [0.1, 0.15) is 5.75 Å². The van der Waals surface area contributed by atoms with Crippen LogP contribution in [0.4, 0.5) is 16.2 Å². The number of pyridine rings is 1. The number of nitrogens with one attached hydrogen (secondary N) is 1. The molecule has 150 valence electrons. The highest BCUT2D eigenvalue weighted by Gasteiger charge is 2.22. The second-order valence-electron chi connectivity index (χ2n) is 7.45. The standard InChI is InChI=1S/C23H26N4O2/c1-17(2)29-20-10-8-19(9-11-20)26-13-15-27(16-14-26)23(28)25-21-7-3-5-18-6-4-12-24-22(18)21/h3-12,17H,13-16H2,1-2H3,(H,25,28). The van der Waals surface area contributed by atoms with Crippen LogP contribution in [0.15, 0.2) is 60.8 Å². The first kappa shape index (κ1) is 19.1. The Hall–Kier alpha value is -3.28. The van der Waals surface area contributed by atoms with Gasteiger partial charge in [0, 0.05) is 43.4 Å². The fourth-order valence-electron chi connectivity index (χ4n) is 3.57. The van der Waals surface area contributed by atoms with Crippen LogP contribution in [0.1, 0.15) is 13.8 Å². The molecule has 0 unspecified atom stereocenters. The quantitative estimate of drug-likeness (QED) is 0.718. The van der Waals surface area contributed by atoms with E-state index in [2.05, 4.69) is 27.3 Å². The van der Waals surface area contributed by atoms with Crippen molar-refractivity contribution in [1.82, 2.24) is 9.88 Å². The first-order valence-electron chi connectivity index (χ1n) is 10.0. The van der Waals surface area contributed by atoms with Crippen molar-refractivity contribution in [2.24, 2.45) is 0 Å². The Labute approximate surface area is 171 Å². The van der Waals surface area contributed by atoms with Gasteiger partial charge in [0.2, 0.25) is 0 Å². The molecule has 0 atom stereocenters. The van der Waals surface area contributed by atoms with Crippen molar-refractivity contribution in [3.8, 4) is 5.75 Å². The van der Waals surface area contributed by atoms with Crippen LogP contribution in [0.5, 0.6) is 5.75 Å². The van der Waals surface area contributed by atoms with Gasteiger partial charge in [0.25, 0.3) is 0 Å². The van der Waals surface area contributed by atoms with Gasteiger partial charge < -0.3 is 19.9 Å². The molecular weight excluding hydrogens is 364 g/mol. The molecule has 0 radical (unpaired) electrons. The summed E-state index contributed by atoms with van der Waals surface area (Å²) in [7, 11) is 0. The molecule has 1 aliphatic rings. The lowest BCUT2D eigenvalue weighted by atomic mass is 10.2. The van der Waals surface area contributed by atoms with Gasteiger partial charge in [0.05, 0.1) is 17.3 Å². The minimum Gasteiger partial charge on any atom is -0.491 e. The molecule has 0 bridgehead atoms. The minimum absolute atomic E-state index is 0.0801. The highest BCUT2D eigenvalue weighted by Crippen LogP contribution is 2.23. The molecule has 1 N–H and O–H groups in total. The molecule has 1 aromatic heterocycles. The van der Waals surface area contributed by atoms with Crippen molar-refractivity contribution in [3.63, 3.8) is 0 Å². The van der Waals surface area contributed by atoms with E-state index in [9.17, 15) is 4.79 Å². The van der Waals surface area contributed by atoms with Crippen molar-refractivity contribution < 1.29 is 9.53 Å². The number of anilines is 2. The summed E-state index contributed by atoms with van der Waals surface area (Å²) in [6.07, 6.45) is 1.91. The Balaban J connectivity index is 1.36. The highest BCUT2D eigenvalue weighted by atomic mass is 16.5. The van der Waals surface area contributed by atoms with Gasteiger partial charge in [0.15, 0.2) is 0 Å². The second-order valence-corrected chi connectivity index (χ2v) is 7.45. The average molecular weight is 390 g/mol. The maximum atomic E-state index is 12.8. The van der Waals surface area contributed by atoms with E-state index in [0.717, 1.165) is 41.1 Å². The van der Waals surface area contributed by atoms with Crippen LogP contribution in [0.25, 0.3) is 10.9 Å². The number of amides is 2. The van der Waals surface area contributed by atoms with Gasteiger partial charge in [-0.15, -0.1) is 0 Å². The third kappa shape index (κ3) is 4.42. The number of hydrogen-bond donors (Lipinski definition) is 1. The third-order valence-electron chi connectivity index (χ3n) is 5.01. The number of para-hydroxylation sites is 1. The average Bonchev–Trinajstić information content (AvgIpc) is 2.74. The molecule has 0 spiro atoms. The SMILES string of the molecule is CC(C)Oc1ccc(N2CCN(C(=O)Nc3cccc4cccnc34)CC2)cc1. The van der Waals surface area contributed by atoms with Gasteiger partial charge in [-0.3, -0.25) is 4.98 Å². The Morgan fingerprint density at radius 3 is 2.45 bits per heavy atom. The molecule has 6 heteroatoms. The molecule has 0 saturated carbocycles. The number of fused-ring (bicyclic) bond motifs is 1. The zero-order valence-electron chi connectivity index (χ0n) is 16.8. The predicted molar refractivity (Wildman–Crippen MR) is 117 cm³/mol. The van der Waals surface area contributed by atoms with E-state index < -0.39 is 0 Å². The molecular formula is C23H26N4O2. The summed E-state index contributed by atoms with van der Waals surface area (Å²) < 4.78 is 5.71. The van der Waals surface area contributed by atoms with Crippen LogP contribution in [0.3, 0.4) is 0 Å². The lowest BCUT2D eigenvalue weighted by Crippen LogP contribution is -2.50. The Morgan fingerprint density at radius 2 is 1.72 bits per heavy atom. The van der Waals surface area contributed by atoms with Crippen LogP contribution in [-0.4, -0.2) is 48.2 Å². The van der Waals surface area contributed by atoms with Gasteiger partial charge in [-0.05, 0) is 50.2 Å². The summed E-state index contributed by atoms with van der Waals surface area (Å²) in [5, 5.41) is 4.04. The lowest BCUT2D eigenvalue weighted by molar-refractivity contribution is 0.208. The highest BCUT2D eigenvalue weighted by molar-refractivity contribution is 5.99. The number of carbonyl (C=O) groups excluding carboxylic acids is 1. The lowest BCUT2D eigenvalue weighted by Gasteiger charge is -2.36. The summed E-state index contributed by atoms with van der Waals surface area (Å²) in [6.45, 7) is 6.98. The summed E-state index contributed by atoms with van der Waals surface area (Å²) in [4.78, 5) is 21.3. The molecule has 6 nitrogen and oxygen atoms in total. The molecule has 2 heterocycles. The van der Waals surface area contributed by atoms with Crippen molar-refractivity contribution in [3.05, 3.63) is 60.8 Å². The first-order chi connectivity index (χ1) is 14.1. The smallest absolute Gasteiger partial charge is 0.322 e. The second kappa shape index (κ2) is 8.39. The van der Waals surface area contributed by atoms with E-state index in [1.807, 2.05) is 61.2 Å². The number of ether oxygens (including phenoxy) is 1. The van der Waals surface area contributed by atoms with E-state index in [1.54, 1.807) is 6.20 Å². The van der Waals surface area contributed by atoms with Gasteiger partial charge in [-0.25, -0.2) is 4.79 Å². The largest absolute Gasteiger partial charge is 0.491 e. The summed E-state index contributed by atoms with van der Waals surface area (Å²) in [6, 6.07) is 17.8. The number of rotatable bonds is 4. The number of piperazine rings is 1. The topological polar surface area (TPSA) is 57.7 Å². The van der Waals surface area contributed by atoms with Crippen molar-refractivity contribution >= 4 is 28.3 Å². The van der Waals surface area contributed by atoms with Crippen molar-refractivity contribution in [1.29, 1.82) is 0 Å². The number of aromatic nitrogens is 1. The molecule has 2 amide bonds. The van der Waals surface area contributed by atoms with E-state index in [1.165, 1.54) is 0 Å². The fraction of sp³-hybridized carbons (Fsp3) is 0.304.